The van der Waals surface area contributed by atoms with Gasteiger partial charge in [0.15, 0.2) is 5.82 Å². The third-order valence-corrected chi connectivity index (χ3v) is 2.79. The molecule has 7 nitrogen and oxygen atoms in total. The van der Waals surface area contributed by atoms with Gasteiger partial charge >= 0.3 is 0 Å². The molecule has 0 saturated carbocycles. The van der Waals surface area contributed by atoms with Crippen LogP contribution in [0.25, 0.3) is 0 Å². The third kappa shape index (κ3) is 2.64. The van der Waals surface area contributed by atoms with Gasteiger partial charge in [0.25, 0.3) is 5.91 Å². The highest BCUT2D eigenvalue weighted by molar-refractivity contribution is 5.95. The summed E-state index contributed by atoms with van der Waals surface area (Å²) in [4.78, 5) is 17.9. The average Bonchev–Trinajstić information content (AvgIpc) is 2.96. The molecule has 2 heterocycles. The normalized spacial score (nSPS) is 10.7. The van der Waals surface area contributed by atoms with Crippen LogP contribution >= 0.6 is 0 Å². The average molecular weight is 264 g/mol. The van der Waals surface area contributed by atoms with E-state index in [1.54, 1.807) is 20.9 Å². The van der Waals surface area contributed by atoms with E-state index in [4.69, 9.17) is 9.05 Å². The number of aromatic nitrogens is 3. The fourth-order valence-corrected chi connectivity index (χ4v) is 1.75. The minimum absolute atomic E-state index is 0.174. The molecule has 0 bridgehead atoms. The van der Waals surface area contributed by atoms with Crippen LogP contribution in [0.1, 0.15) is 40.5 Å². The number of hydrogen-bond donors (Lipinski definition) is 0. The molecule has 0 aliphatic heterocycles. The van der Waals surface area contributed by atoms with E-state index in [-0.39, 0.29) is 12.5 Å². The Morgan fingerprint density at radius 1 is 1.26 bits per heavy atom. The second kappa shape index (κ2) is 5.21. The molecule has 19 heavy (non-hydrogen) atoms. The zero-order chi connectivity index (χ0) is 14.0. The number of hydrogen-bond acceptors (Lipinski definition) is 6. The maximum atomic E-state index is 12.3. The van der Waals surface area contributed by atoms with Crippen LogP contribution in [0.15, 0.2) is 9.05 Å². The van der Waals surface area contributed by atoms with Gasteiger partial charge in [-0.1, -0.05) is 17.2 Å². The summed E-state index contributed by atoms with van der Waals surface area (Å²) < 4.78 is 10.0. The number of nitrogens with zero attached hydrogens (tertiary/aromatic N) is 4. The molecular formula is C12H16N4O3. The fraction of sp³-hybridized carbons (Fsp3) is 0.500. The van der Waals surface area contributed by atoms with Gasteiger partial charge in [-0.15, -0.1) is 0 Å². The van der Waals surface area contributed by atoms with Gasteiger partial charge in [0.2, 0.25) is 5.89 Å². The maximum absolute atomic E-state index is 12.3. The molecule has 0 aliphatic rings. The van der Waals surface area contributed by atoms with Gasteiger partial charge < -0.3 is 13.9 Å². The summed E-state index contributed by atoms with van der Waals surface area (Å²) in [5.41, 5.74) is 1.06. The van der Waals surface area contributed by atoms with Crippen molar-refractivity contribution in [3.05, 3.63) is 28.7 Å². The van der Waals surface area contributed by atoms with E-state index in [1.807, 2.05) is 6.92 Å². The first-order valence-corrected chi connectivity index (χ1v) is 6.02. The van der Waals surface area contributed by atoms with Crippen LogP contribution in [0, 0.1) is 13.8 Å². The first kappa shape index (κ1) is 13.3. The Kier molecular flexibility index (Phi) is 3.64. The second-order valence-electron chi connectivity index (χ2n) is 4.32. The predicted molar refractivity (Wildman–Crippen MR) is 65.5 cm³/mol. The van der Waals surface area contributed by atoms with Crippen molar-refractivity contribution < 1.29 is 13.8 Å². The molecule has 0 aliphatic carbocycles. The van der Waals surface area contributed by atoms with Crippen molar-refractivity contribution in [2.45, 2.75) is 33.7 Å². The molecule has 0 fully saturated rings. The number of aryl methyl sites for hydroxylation is 3. The molecule has 7 heteroatoms. The lowest BCUT2D eigenvalue weighted by Gasteiger charge is -2.14. The van der Waals surface area contributed by atoms with Gasteiger partial charge in [-0.3, -0.25) is 4.79 Å². The lowest BCUT2D eigenvalue weighted by molar-refractivity contribution is 0.0767. The van der Waals surface area contributed by atoms with Crippen molar-refractivity contribution in [2.24, 2.45) is 0 Å². The molecule has 2 aromatic heterocycles. The molecular weight excluding hydrogens is 248 g/mol. The monoisotopic (exact) mass is 264 g/mol. The van der Waals surface area contributed by atoms with Crippen LogP contribution < -0.4 is 0 Å². The Hall–Kier alpha value is -2.18. The van der Waals surface area contributed by atoms with Crippen LogP contribution in [0.2, 0.25) is 0 Å². The molecule has 0 spiro atoms. The van der Waals surface area contributed by atoms with E-state index in [2.05, 4.69) is 15.3 Å². The van der Waals surface area contributed by atoms with Gasteiger partial charge in [0.1, 0.15) is 11.3 Å². The topological polar surface area (TPSA) is 85.3 Å². The molecule has 0 N–H and O–H groups in total. The predicted octanol–water partition coefficient (Wildman–Crippen LogP) is 1.51. The molecule has 2 rings (SSSR count). The zero-order valence-electron chi connectivity index (χ0n) is 11.4. The molecule has 0 unspecified atom stereocenters. The standard InChI is InChI=1S/C12H16N4O3/c1-5-9-13-10(19-15-9)6-16(4)12(17)11-7(2)14-18-8(11)3/h5-6H2,1-4H3. The van der Waals surface area contributed by atoms with Crippen molar-refractivity contribution in [1.29, 1.82) is 0 Å². The second-order valence-corrected chi connectivity index (χ2v) is 4.32. The van der Waals surface area contributed by atoms with E-state index in [0.29, 0.717) is 35.2 Å². The maximum Gasteiger partial charge on any atom is 0.259 e. The number of carbonyl (C=O) groups excluding carboxylic acids is 1. The van der Waals surface area contributed by atoms with Gasteiger partial charge in [-0.05, 0) is 13.8 Å². The van der Waals surface area contributed by atoms with Gasteiger partial charge in [-0.2, -0.15) is 4.98 Å². The van der Waals surface area contributed by atoms with E-state index in [1.165, 1.54) is 4.90 Å². The Morgan fingerprint density at radius 2 is 2.00 bits per heavy atom. The van der Waals surface area contributed by atoms with Gasteiger partial charge in [-0.25, -0.2) is 0 Å². The summed E-state index contributed by atoms with van der Waals surface area (Å²) in [6.07, 6.45) is 0.699. The Morgan fingerprint density at radius 3 is 2.53 bits per heavy atom. The molecule has 1 amide bonds. The van der Waals surface area contributed by atoms with Crippen molar-refractivity contribution in [2.75, 3.05) is 7.05 Å². The largest absolute Gasteiger partial charge is 0.361 e. The lowest BCUT2D eigenvalue weighted by atomic mass is 10.2. The minimum atomic E-state index is -0.174. The summed E-state index contributed by atoms with van der Waals surface area (Å²) in [6, 6.07) is 0. The van der Waals surface area contributed by atoms with Crippen molar-refractivity contribution >= 4 is 5.91 Å². The summed E-state index contributed by atoms with van der Waals surface area (Å²) in [6.45, 7) is 5.64. The van der Waals surface area contributed by atoms with Crippen molar-refractivity contribution in [3.63, 3.8) is 0 Å². The van der Waals surface area contributed by atoms with Crippen LogP contribution in [0.4, 0.5) is 0 Å². The van der Waals surface area contributed by atoms with Crippen LogP contribution in [0.5, 0.6) is 0 Å². The van der Waals surface area contributed by atoms with Crippen LogP contribution in [0.3, 0.4) is 0 Å². The van der Waals surface area contributed by atoms with Crippen molar-refractivity contribution in [1.82, 2.24) is 20.2 Å². The fourth-order valence-electron chi connectivity index (χ4n) is 1.75. The highest BCUT2D eigenvalue weighted by Crippen LogP contribution is 2.15. The lowest BCUT2D eigenvalue weighted by Crippen LogP contribution is -2.27. The van der Waals surface area contributed by atoms with Crippen LogP contribution in [-0.2, 0) is 13.0 Å². The Bertz CT molecular complexity index is 568. The quantitative estimate of drug-likeness (QED) is 0.832. The highest BCUT2D eigenvalue weighted by atomic mass is 16.5. The molecule has 2 aromatic rings. The van der Waals surface area contributed by atoms with E-state index < -0.39 is 0 Å². The SMILES string of the molecule is CCc1noc(CN(C)C(=O)c2c(C)noc2C)n1. The zero-order valence-corrected chi connectivity index (χ0v) is 11.4. The number of rotatable bonds is 4. The highest BCUT2D eigenvalue weighted by Gasteiger charge is 2.22. The van der Waals surface area contributed by atoms with Gasteiger partial charge in [0, 0.05) is 13.5 Å². The molecule has 0 radical (unpaired) electrons. The molecule has 0 aromatic carbocycles. The minimum Gasteiger partial charge on any atom is -0.361 e. The summed E-state index contributed by atoms with van der Waals surface area (Å²) in [7, 11) is 1.67. The Balaban J connectivity index is 2.11. The smallest absolute Gasteiger partial charge is 0.259 e. The summed E-state index contributed by atoms with van der Waals surface area (Å²) in [5, 5.41) is 7.56. The van der Waals surface area contributed by atoms with E-state index in [9.17, 15) is 4.79 Å². The first-order valence-electron chi connectivity index (χ1n) is 6.02. The van der Waals surface area contributed by atoms with Gasteiger partial charge in [0.05, 0.1) is 12.2 Å². The van der Waals surface area contributed by atoms with E-state index >= 15 is 0 Å². The number of carbonyl (C=O) groups is 1. The third-order valence-electron chi connectivity index (χ3n) is 2.79. The number of amides is 1. The van der Waals surface area contributed by atoms with Crippen molar-refractivity contribution in [3.8, 4) is 0 Å². The Labute approximate surface area is 110 Å². The van der Waals surface area contributed by atoms with Crippen LogP contribution in [-0.4, -0.2) is 33.2 Å². The molecule has 0 saturated heterocycles. The summed E-state index contributed by atoms with van der Waals surface area (Å²) in [5.74, 6) is 1.38. The molecule has 0 atom stereocenters. The first-order chi connectivity index (χ1) is 9.02. The molecule has 102 valence electrons. The van der Waals surface area contributed by atoms with E-state index in [0.717, 1.165) is 0 Å². The summed E-state index contributed by atoms with van der Waals surface area (Å²) >= 11 is 0.